The highest BCUT2D eigenvalue weighted by atomic mass is 32.2. The Kier molecular flexibility index (Phi) is 4.09. The molecule has 27 heavy (non-hydrogen) atoms. The zero-order chi connectivity index (χ0) is 18.2. The van der Waals surface area contributed by atoms with E-state index in [2.05, 4.69) is 53.6 Å². The molecule has 0 bridgehead atoms. The number of aromatic nitrogens is 3. The lowest BCUT2D eigenvalue weighted by atomic mass is 9.97. The first kappa shape index (κ1) is 16.4. The molecule has 1 N–H and O–H groups in total. The monoisotopic (exact) mass is 373 g/mol. The lowest BCUT2D eigenvalue weighted by Gasteiger charge is -2.16. The summed E-state index contributed by atoms with van der Waals surface area (Å²) in [6, 6.07) is 18.8. The Morgan fingerprint density at radius 2 is 1.63 bits per heavy atom. The summed E-state index contributed by atoms with van der Waals surface area (Å²) in [6.07, 6.45) is 5.83. The second kappa shape index (κ2) is 6.74. The van der Waals surface area contributed by atoms with Crippen LogP contribution in [0, 0.1) is 0 Å². The first-order valence-electron chi connectivity index (χ1n) is 9.21. The van der Waals surface area contributed by atoms with Gasteiger partial charge < -0.3 is 5.11 Å². The van der Waals surface area contributed by atoms with Gasteiger partial charge in [-0.25, -0.2) is 4.98 Å². The summed E-state index contributed by atoms with van der Waals surface area (Å²) in [6.45, 7) is 0. The van der Waals surface area contributed by atoms with Gasteiger partial charge in [0.05, 0.1) is 11.9 Å². The standard InChI is InChI=1S/C22H19N3OS/c26-22-18-8-4-5-9-20(18)24-21-19(14-23-25(21)22)15-10-12-17(13-11-15)27-16-6-2-1-3-7-16/h1-3,6-7,10-14,26H,4-5,8-9H2. The molecule has 1 aliphatic rings. The van der Waals surface area contributed by atoms with Crippen molar-refractivity contribution in [3.05, 3.63) is 72.1 Å². The van der Waals surface area contributed by atoms with Gasteiger partial charge in [-0.3, -0.25) is 0 Å². The molecule has 0 saturated carbocycles. The van der Waals surface area contributed by atoms with Crippen molar-refractivity contribution in [2.24, 2.45) is 0 Å². The summed E-state index contributed by atoms with van der Waals surface area (Å²) in [7, 11) is 0. The molecule has 2 aromatic heterocycles. The van der Waals surface area contributed by atoms with Crippen molar-refractivity contribution in [3.63, 3.8) is 0 Å². The minimum atomic E-state index is 0.247. The van der Waals surface area contributed by atoms with Crippen LogP contribution in [0.15, 0.2) is 70.6 Å². The first-order chi connectivity index (χ1) is 13.3. The van der Waals surface area contributed by atoms with Gasteiger partial charge in [0, 0.05) is 20.9 Å². The quantitative estimate of drug-likeness (QED) is 0.541. The molecule has 5 rings (SSSR count). The number of nitrogens with zero attached hydrogens (tertiary/aromatic N) is 3. The number of aryl methyl sites for hydroxylation is 1. The van der Waals surface area contributed by atoms with Gasteiger partial charge in [-0.05, 0) is 55.5 Å². The van der Waals surface area contributed by atoms with E-state index < -0.39 is 0 Å². The molecule has 4 nitrogen and oxygen atoms in total. The van der Waals surface area contributed by atoms with Crippen LogP contribution in [-0.4, -0.2) is 19.7 Å². The van der Waals surface area contributed by atoms with Crippen LogP contribution in [0.3, 0.4) is 0 Å². The Morgan fingerprint density at radius 3 is 2.44 bits per heavy atom. The number of hydrogen-bond acceptors (Lipinski definition) is 4. The smallest absolute Gasteiger partial charge is 0.219 e. The van der Waals surface area contributed by atoms with Crippen LogP contribution in [0.4, 0.5) is 0 Å². The predicted octanol–water partition coefficient (Wildman–Crippen LogP) is 5.13. The summed E-state index contributed by atoms with van der Waals surface area (Å²) in [4.78, 5) is 7.25. The van der Waals surface area contributed by atoms with Crippen molar-refractivity contribution in [2.45, 2.75) is 35.5 Å². The highest BCUT2D eigenvalue weighted by Gasteiger charge is 2.20. The van der Waals surface area contributed by atoms with E-state index in [4.69, 9.17) is 4.98 Å². The molecular formula is C22H19N3OS. The van der Waals surface area contributed by atoms with E-state index in [0.29, 0.717) is 0 Å². The normalized spacial score (nSPS) is 13.6. The maximum atomic E-state index is 10.6. The predicted molar refractivity (Wildman–Crippen MR) is 107 cm³/mol. The minimum Gasteiger partial charge on any atom is -0.493 e. The largest absolute Gasteiger partial charge is 0.493 e. The van der Waals surface area contributed by atoms with Crippen LogP contribution >= 0.6 is 11.8 Å². The van der Waals surface area contributed by atoms with Gasteiger partial charge in [0.1, 0.15) is 0 Å². The van der Waals surface area contributed by atoms with Crippen LogP contribution in [0.2, 0.25) is 0 Å². The zero-order valence-corrected chi connectivity index (χ0v) is 15.6. The van der Waals surface area contributed by atoms with E-state index in [1.807, 2.05) is 6.07 Å². The SMILES string of the molecule is Oc1c2c(nc3c(-c4ccc(Sc5ccccc5)cc4)cnn13)CCCC2. The summed E-state index contributed by atoms with van der Waals surface area (Å²) < 4.78 is 1.58. The fourth-order valence-electron chi connectivity index (χ4n) is 3.64. The molecule has 4 aromatic rings. The zero-order valence-electron chi connectivity index (χ0n) is 14.8. The fourth-order valence-corrected chi connectivity index (χ4v) is 4.48. The van der Waals surface area contributed by atoms with Gasteiger partial charge in [-0.15, -0.1) is 0 Å². The van der Waals surface area contributed by atoms with Crippen LogP contribution in [0.5, 0.6) is 5.88 Å². The second-order valence-corrected chi connectivity index (χ2v) is 7.95. The second-order valence-electron chi connectivity index (χ2n) is 6.80. The van der Waals surface area contributed by atoms with Crippen molar-refractivity contribution in [1.82, 2.24) is 14.6 Å². The molecule has 134 valence electrons. The average molecular weight is 373 g/mol. The molecule has 0 spiro atoms. The van der Waals surface area contributed by atoms with Gasteiger partial charge >= 0.3 is 0 Å². The molecule has 0 saturated heterocycles. The van der Waals surface area contributed by atoms with Crippen LogP contribution < -0.4 is 0 Å². The number of aromatic hydroxyl groups is 1. The molecule has 0 radical (unpaired) electrons. The Balaban J connectivity index is 1.51. The van der Waals surface area contributed by atoms with E-state index in [1.54, 1.807) is 22.5 Å². The molecule has 1 aliphatic carbocycles. The number of hydrogen-bond donors (Lipinski definition) is 1. The van der Waals surface area contributed by atoms with Gasteiger partial charge in [0.15, 0.2) is 5.65 Å². The topological polar surface area (TPSA) is 50.4 Å². The van der Waals surface area contributed by atoms with E-state index in [-0.39, 0.29) is 5.88 Å². The van der Waals surface area contributed by atoms with E-state index in [0.717, 1.165) is 53.7 Å². The maximum absolute atomic E-state index is 10.6. The van der Waals surface area contributed by atoms with Crippen LogP contribution in [0.1, 0.15) is 24.1 Å². The van der Waals surface area contributed by atoms with Crippen molar-refractivity contribution in [1.29, 1.82) is 0 Å². The van der Waals surface area contributed by atoms with E-state index in [1.165, 1.54) is 9.79 Å². The summed E-state index contributed by atoms with van der Waals surface area (Å²) in [5, 5.41) is 15.0. The van der Waals surface area contributed by atoms with E-state index >= 15 is 0 Å². The summed E-state index contributed by atoms with van der Waals surface area (Å²) in [5.41, 5.74) is 4.72. The van der Waals surface area contributed by atoms with Gasteiger partial charge in [0.25, 0.3) is 0 Å². The Labute approximate surface area is 161 Å². The van der Waals surface area contributed by atoms with Crippen molar-refractivity contribution in [3.8, 4) is 17.0 Å². The minimum absolute atomic E-state index is 0.247. The van der Waals surface area contributed by atoms with Gasteiger partial charge in [0.2, 0.25) is 5.88 Å². The number of fused-ring (bicyclic) bond motifs is 2. The molecule has 0 aliphatic heterocycles. The summed E-state index contributed by atoms with van der Waals surface area (Å²) in [5.74, 6) is 0.247. The molecular weight excluding hydrogens is 354 g/mol. The van der Waals surface area contributed by atoms with Crippen LogP contribution in [0.25, 0.3) is 16.8 Å². The van der Waals surface area contributed by atoms with E-state index in [9.17, 15) is 5.11 Å². The van der Waals surface area contributed by atoms with Crippen molar-refractivity contribution < 1.29 is 5.11 Å². The van der Waals surface area contributed by atoms with Gasteiger partial charge in [-0.2, -0.15) is 9.61 Å². The third-order valence-corrected chi connectivity index (χ3v) is 6.05. The maximum Gasteiger partial charge on any atom is 0.219 e. The van der Waals surface area contributed by atoms with Crippen molar-refractivity contribution >= 4 is 17.4 Å². The highest BCUT2D eigenvalue weighted by Crippen LogP contribution is 2.34. The Morgan fingerprint density at radius 1 is 0.889 bits per heavy atom. The third-order valence-electron chi connectivity index (χ3n) is 5.04. The number of rotatable bonds is 3. The average Bonchev–Trinajstić information content (AvgIpc) is 3.14. The molecule has 0 fully saturated rings. The Hall–Kier alpha value is -2.79. The first-order valence-corrected chi connectivity index (χ1v) is 10.0. The lowest BCUT2D eigenvalue weighted by Crippen LogP contribution is -2.09. The molecule has 0 atom stereocenters. The molecule has 2 heterocycles. The fraction of sp³-hybridized carbons (Fsp3) is 0.182. The summed E-state index contributed by atoms with van der Waals surface area (Å²) >= 11 is 1.74. The lowest BCUT2D eigenvalue weighted by molar-refractivity contribution is 0.421. The van der Waals surface area contributed by atoms with Crippen molar-refractivity contribution in [2.75, 3.05) is 0 Å². The van der Waals surface area contributed by atoms with Gasteiger partial charge in [-0.1, -0.05) is 42.1 Å². The third kappa shape index (κ3) is 2.98. The molecule has 2 aromatic carbocycles. The number of benzene rings is 2. The highest BCUT2D eigenvalue weighted by molar-refractivity contribution is 7.99. The molecule has 0 unspecified atom stereocenters. The molecule has 0 amide bonds. The Bertz CT molecular complexity index is 1100. The molecule has 5 heteroatoms. The van der Waals surface area contributed by atoms with Crippen LogP contribution in [-0.2, 0) is 12.8 Å².